The van der Waals surface area contributed by atoms with Gasteiger partial charge in [-0.05, 0) is 25.0 Å². The lowest BCUT2D eigenvalue weighted by Crippen LogP contribution is -2.07. The summed E-state index contributed by atoms with van der Waals surface area (Å²) in [4.78, 5) is 17.7. The van der Waals surface area contributed by atoms with E-state index in [1.54, 1.807) is 12.1 Å². The molecule has 0 atom stereocenters. The maximum absolute atomic E-state index is 13.5. The minimum absolute atomic E-state index is 0.204. The van der Waals surface area contributed by atoms with Crippen LogP contribution < -0.4 is 0 Å². The highest BCUT2D eigenvalue weighted by Crippen LogP contribution is 2.31. The Labute approximate surface area is 119 Å². The molecule has 0 radical (unpaired) electrons. The van der Waals surface area contributed by atoms with Crippen LogP contribution in [0.4, 0.5) is 4.39 Å². The number of hydrogen-bond donors (Lipinski definition) is 0. The van der Waals surface area contributed by atoms with E-state index in [0.717, 1.165) is 28.4 Å². The maximum atomic E-state index is 13.5. The Hall–Kier alpha value is -1.20. The number of nitrogens with zero attached hydrogens (tertiary/aromatic N) is 1. The van der Waals surface area contributed by atoms with E-state index in [1.165, 1.54) is 29.2 Å². The zero-order valence-electron chi connectivity index (χ0n) is 10.2. The summed E-state index contributed by atoms with van der Waals surface area (Å²) in [5.74, 6) is 0.622. The first-order valence-corrected chi connectivity index (χ1v) is 7.93. The van der Waals surface area contributed by atoms with Gasteiger partial charge in [-0.3, -0.25) is 4.79 Å². The average molecular weight is 293 g/mol. The number of hydrogen-bond acceptors (Lipinski definition) is 4. The normalized spacial score (nSPS) is 14.5. The van der Waals surface area contributed by atoms with Gasteiger partial charge in [-0.25, -0.2) is 9.37 Å². The first-order chi connectivity index (χ1) is 9.24. The van der Waals surface area contributed by atoms with Crippen LogP contribution in [0.1, 0.15) is 33.2 Å². The second-order valence-electron chi connectivity index (χ2n) is 4.38. The number of fused-ring (bicyclic) bond motifs is 1. The molecule has 3 rings (SSSR count). The molecule has 0 unspecified atom stereocenters. The van der Waals surface area contributed by atoms with Crippen LogP contribution in [0.15, 0.2) is 29.2 Å². The standard InChI is InChI=1S/C14H12FNOS2/c15-9-4-1-2-7-12(9)18-8-13-16-10-5-3-6-11(17)14(10)19-13/h1-2,4,7H,3,5-6,8H2. The third-order valence-corrected chi connectivity index (χ3v) is 5.38. The van der Waals surface area contributed by atoms with Gasteiger partial charge in [-0.2, -0.15) is 0 Å². The molecule has 1 aromatic carbocycles. The van der Waals surface area contributed by atoms with Crippen molar-refractivity contribution in [1.29, 1.82) is 0 Å². The second-order valence-corrected chi connectivity index (χ2v) is 6.48. The van der Waals surface area contributed by atoms with Crippen molar-refractivity contribution in [3.63, 3.8) is 0 Å². The van der Waals surface area contributed by atoms with Crippen molar-refractivity contribution >= 4 is 28.9 Å². The molecule has 1 heterocycles. The van der Waals surface area contributed by atoms with Crippen molar-refractivity contribution in [2.75, 3.05) is 0 Å². The van der Waals surface area contributed by atoms with Gasteiger partial charge in [0, 0.05) is 11.3 Å². The number of carbonyl (C=O) groups excluding carboxylic acids is 1. The van der Waals surface area contributed by atoms with Crippen LogP contribution in [0.5, 0.6) is 0 Å². The summed E-state index contributed by atoms with van der Waals surface area (Å²) in [6.45, 7) is 0. The number of benzene rings is 1. The highest BCUT2D eigenvalue weighted by Gasteiger charge is 2.22. The number of carbonyl (C=O) groups is 1. The Bertz CT molecular complexity index is 624. The molecule has 0 aliphatic heterocycles. The van der Waals surface area contributed by atoms with Gasteiger partial charge in [0.25, 0.3) is 0 Å². The molecule has 1 aliphatic carbocycles. The molecule has 98 valence electrons. The highest BCUT2D eigenvalue weighted by atomic mass is 32.2. The molecule has 1 aliphatic rings. The van der Waals surface area contributed by atoms with E-state index in [-0.39, 0.29) is 11.6 Å². The van der Waals surface area contributed by atoms with Crippen LogP contribution >= 0.6 is 23.1 Å². The zero-order chi connectivity index (χ0) is 13.2. The van der Waals surface area contributed by atoms with Crippen LogP contribution in [0.25, 0.3) is 0 Å². The monoisotopic (exact) mass is 293 g/mol. The average Bonchev–Trinajstić information content (AvgIpc) is 2.82. The fraction of sp³-hybridized carbons (Fsp3) is 0.286. The van der Waals surface area contributed by atoms with E-state index in [4.69, 9.17) is 0 Å². The molecule has 0 bridgehead atoms. The van der Waals surface area contributed by atoms with Crippen molar-refractivity contribution < 1.29 is 9.18 Å². The topological polar surface area (TPSA) is 30.0 Å². The summed E-state index contributed by atoms with van der Waals surface area (Å²) in [5, 5.41) is 0.911. The Kier molecular flexibility index (Phi) is 3.66. The molecule has 2 aromatic rings. The number of thioether (sulfide) groups is 1. The Morgan fingerprint density at radius 2 is 2.16 bits per heavy atom. The summed E-state index contributed by atoms with van der Waals surface area (Å²) >= 11 is 2.89. The highest BCUT2D eigenvalue weighted by molar-refractivity contribution is 7.98. The number of thiazole rings is 1. The fourth-order valence-corrected chi connectivity index (χ4v) is 4.09. The number of aromatic nitrogens is 1. The molecule has 0 N–H and O–H groups in total. The van der Waals surface area contributed by atoms with E-state index in [9.17, 15) is 9.18 Å². The summed E-state index contributed by atoms with van der Waals surface area (Å²) in [6, 6.07) is 6.72. The number of aryl methyl sites for hydroxylation is 1. The summed E-state index contributed by atoms with van der Waals surface area (Å²) in [7, 11) is 0. The SMILES string of the molecule is O=C1CCCc2nc(CSc3ccccc3F)sc21. The smallest absolute Gasteiger partial charge is 0.174 e. The van der Waals surface area contributed by atoms with E-state index < -0.39 is 0 Å². The minimum atomic E-state index is -0.204. The molecule has 0 fully saturated rings. The van der Waals surface area contributed by atoms with Gasteiger partial charge < -0.3 is 0 Å². The lowest BCUT2D eigenvalue weighted by atomic mass is 10.0. The van der Waals surface area contributed by atoms with Crippen LogP contribution in [-0.4, -0.2) is 10.8 Å². The first-order valence-electron chi connectivity index (χ1n) is 6.13. The van der Waals surface area contributed by atoms with E-state index >= 15 is 0 Å². The predicted octanol–water partition coefficient (Wildman–Crippen LogP) is 4.09. The second kappa shape index (κ2) is 5.43. The summed E-state index contributed by atoms with van der Waals surface area (Å²) in [5.41, 5.74) is 0.936. The summed E-state index contributed by atoms with van der Waals surface area (Å²) in [6.07, 6.45) is 2.42. The largest absolute Gasteiger partial charge is 0.293 e. The van der Waals surface area contributed by atoms with Gasteiger partial charge in [0.15, 0.2) is 5.78 Å². The van der Waals surface area contributed by atoms with Gasteiger partial charge in [0.1, 0.15) is 10.8 Å². The third kappa shape index (κ3) is 2.72. The summed E-state index contributed by atoms with van der Waals surface area (Å²) < 4.78 is 13.5. The zero-order valence-corrected chi connectivity index (χ0v) is 11.8. The number of halogens is 1. The number of Topliss-reactive ketones (excluding diaryl/α,β-unsaturated/α-hetero) is 1. The van der Waals surface area contributed by atoms with E-state index in [2.05, 4.69) is 4.98 Å². The molecule has 0 amide bonds. The molecule has 0 spiro atoms. The van der Waals surface area contributed by atoms with Crippen LogP contribution in [-0.2, 0) is 12.2 Å². The van der Waals surface area contributed by atoms with Crippen molar-refractivity contribution in [2.45, 2.75) is 29.9 Å². The van der Waals surface area contributed by atoms with Crippen molar-refractivity contribution in [3.05, 3.63) is 45.7 Å². The molecule has 2 nitrogen and oxygen atoms in total. The first kappa shape index (κ1) is 12.8. The van der Waals surface area contributed by atoms with Gasteiger partial charge in [-0.1, -0.05) is 12.1 Å². The lowest BCUT2D eigenvalue weighted by molar-refractivity contribution is 0.0976. The van der Waals surface area contributed by atoms with Gasteiger partial charge >= 0.3 is 0 Å². The molecule has 0 saturated carbocycles. The van der Waals surface area contributed by atoms with E-state index in [1.807, 2.05) is 6.07 Å². The van der Waals surface area contributed by atoms with E-state index in [0.29, 0.717) is 17.1 Å². The minimum Gasteiger partial charge on any atom is -0.293 e. The molecule has 0 saturated heterocycles. The predicted molar refractivity (Wildman–Crippen MR) is 75.3 cm³/mol. The third-order valence-electron chi connectivity index (χ3n) is 3.00. The number of ketones is 1. The lowest BCUT2D eigenvalue weighted by Gasteiger charge is -2.06. The fourth-order valence-electron chi connectivity index (χ4n) is 2.08. The molecule has 19 heavy (non-hydrogen) atoms. The van der Waals surface area contributed by atoms with Crippen LogP contribution in [0.3, 0.4) is 0 Å². The van der Waals surface area contributed by atoms with Crippen molar-refractivity contribution in [1.82, 2.24) is 4.98 Å². The van der Waals surface area contributed by atoms with Gasteiger partial charge in [0.2, 0.25) is 0 Å². The molecule has 1 aromatic heterocycles. The van der Waals surface area contributed by atoms with Crippen LogP contribution in [0, 0.1) is 5.82 Å². The van der Waals surface area contributed by atoms with Gasteiger partial charge in [-0.15, -0.1) is 23.1 Å². The molecular formula is C14H12FNOS2. The van der Waals surface area contributed by atoms with Crippen LogP contribution in [0.2, 0.25) is 0 Å². The van der Waals surface area contributed by atoms with Gasteiger partial charge in [0.05, 0.1) is 16.3 Å². The van der Waals surface area contributed by atoms with Crippen molar-refractivity contribution in [3.8, 4) is 0 Å². The maximum Gasteiger partial charge on any atom is 0.174 e. The Morgan fingerprint density at radius 3 is 2.95 bits per heavy atom. The Morgan fingerprint density at radius 1 is 1.32 bits per heavy atom. The quantitative estimate of drug-likeness (QED) is 0.798. The molecule has 5 heteroatoms. The Balaban J connectivity index is 1.74. The number of rotatable bonds is 3. The molecular weight excluding hydrogens is 281 g/mol. The van der Waals surface area contributed by atoms with Crippen molar-refractivity contribution in [2.24, 2.45) is 0 Å².